The van der Waals surface area contributed by atoms with Gasteiger partial charge < -0.3 is 15.5 Å². The van der Waals surface area contributed by atoms with E-state index in [9.17, 15) is 18.8 Å². The molecule has 0 aliphatic carbocycles. The van der Waals surface area contributed by atoms with Crippen molar-refractivity contribution in [3.8, 4) is 0 Å². The van der Waals surface area contributed by atoms with Crippen molar-refractivity contribution in [2.24, 2.45) is 5.92 Å². The molecule has 3 amide bonds. The van der Waals surface area contributed by atoms with Crippen LogP contribution in [0.25, 0.3) is 0 Å². The van der Waals surface area contributed by atoms with E-state index in [0.717, 1.165) is 0 Å². The molecule has 1 aromatic carbocycles. The monoisotopic (exact) mass is 335 g/mol. The van der Waals surface area contributed by atoms with Gasteiger partial charge in [0.15, 0.2) is 0 Å². The second-order valence-electron chi connectivity index (χ2n) is 6.87. The largest absolute Gasteiger partial charge is 0.350 e. The van der Waals surface area contributed by atoms with Crippen molar-refractivity contribution in [2.45, 2.75) is 32.7 Å². The highest BCUT2D eigenvalue weighted by Gasteiger charge is 2.36. The van der Waals surface area contributed by atoms with E-state index in [1.54, 1.807) is 6.07 Å². The molecule has 1 atom stereocenters. The molecule has 1 aliphatic heterocycles. The summed E-state index contributed by atoms with van der Waals surface area (Å²) < 4.78 is 13.8. The Morgan fingerprint density at radius 3 is 2.58 bits per heavy atom. The van der Waals surface area contributed by atoms with E-state index >= 15 is 0 Å². The molecule has 0 bridgehead atoms. The summed E-state index contributed by atoms with van der Waals surface area (Å²) in [5.74, 6) is -2.09. The van der Waals surface area contributed by atoms with Gasteiger partial charge in [-0.1, -0.05) is 12.1 Å². The average molecular weight is 335 g/mol. The van der Waals surface area contributed by atoms with Gasteiger partial charge >= 0.3 is 0 Å². The molecule has 130 valence electrons. The van der Waals surface area contributed by atoms with E-state index in [4.69, 9.17) is 0 Å². The van der Waals surface area contributed by atoms with Crippen LogP contribution < -0.4 is 15.5 Å². The Kier molecular flexibility index (Phi) is 5.21. The number of carbonyl (C=O) groups excluding carboxylic acids is 3. The topological polar surface area (TPSA) is 78.5 Å². The molecule has 1 aromatic rings. The van der Waals surface area contributed by atoms with Gasteiger partial charge in [-0.3, -0.25) is 14.4 Å². The molecular formula is C17H22FN3O3. The summed E-state index contributed by atoms with van der Waals surface area (Å²) in [6, 6.07) is 5.95. The first-order valence-corrected chi connectivity index (χ1v) is 7.81. The van der Waals surface area contributed by atoms with Crippen molar-refractivity contribution in [1.29, 1.82) is 0 Å². The number of halogens is 1. The van der Waals surface area contributed by atoms with Crippen LogP contribution >= 0.6 is 0 Å². The Morgan fingerprint density at radius 2 is 1.96 bits per heavy atom. The van der Waals surface area contributed by atoms with Gasteiger partial charge in [0.2, 0.25) is 17.7 Å². The quantitative estimate of drug-likeness (QED) is 0.868. The van der Waals surface area contributed by atoms with Gasteiger partial charge in [-0.25, -0.2) is 4.39 Å². The van der Waals surface area contributed by atoms with E-state index in [-0.39, 0.29) is 48.5 Å². The number of para-hydroxylation sites is 1. The van der Waals surface area contributed by atoms with Crippen LogP contribution in [0.4, 0.5) is 10.1 Å². The van der Waals surface area contributed by atoms with Crippen LogP contribution in [-0.4, -0.2) is 36.3 Å². The third-order valence-corrected chi connectivity index (χ3v) is 3.58. The minimum Gasteiger partial charge on any atom is -0.350 e. The molecule has 1 saturated heterocycles. The highest BCUT2D eigenvalue weighted by Crippen LogP contribution is 2.27. The van der Waals surface area contributed by atoms with Gasteiger partial charge in [0.25, 0.3) is 0 Å². The summed E-state index contributed by atoms with van der Waals surface area (Å²) in [7, 11) is 0. The molecule has 1 unspecified atom stereocenters. The SMILES string of the molecule is CC(C)(C)NC(=O)CNC(=O)C1CC(=O)N(c2ccccc2F)C1. The van der Waals surface area contributed by atoms with Crippen molar-refractivity contribution in [1.82, 2.24) is 10.6 Å². The summed E-state index contributed by atoms with van der Waals surface area (Å²) in [6.07, 6.45) is 0.00105. The number of amides is 3. The van der Waals surface area contributed by atoms with Crippen molar-refractivity contribution in [3.63, 3.8) is 0 Å². The van der Waals surface area contributed by atoms with Crippen molar-refractivity contribution in [3.05, 3.63) is 30.1 Å². The zero-order chi connectivity index (χ0) is 17.9. The zero-order valence-electron chi connectivity index (χ0n) is 14.1. The minimum atomic E-state index is -0.598. The first-order valence-electron chi connectivity index (χ1n) is 7.81. The lowest BCUT2D eigenvalue weighted by molar-refractivity contribution is -0.129. The van der Waals surface area contributed by atoms with Crippen molar-refractivity contribution >= 4 is 23.4 Å². The lowest BCUT2D eigenvalue weighted by Gasteiger charge is -2.21. The molecule has 0 aromatic heterocycles. The first-order chi connectivity index (χ1) is 11.2. The van der Waals surface area contributed by atoms with E-state index in [1.807, 2.05) is 20.8 Å². The first kappa shape index (κ1) is 17.9. The number of hydrogen-bond donors (Lipinski definition) is 2. The van der Waals surface area contributed by atoms with Gasteiger partial charge in [-0.15, -0.1) is 0 Å². The number of benzene rings is 1. The fraction of sp³-hybridized carbons (Fsp3) is 0.471. The molecule has 24 heavy (non-hydrogen) atoms. The zero-order valence-corrected chi connectivity index (χ0v) is 14.1. The van der Waals surface area contributed by atoms with Gasteiger partial charge in [0.1, 0.15) is 5.82 Å². The second kappa shape index (κ2) is 6.98. The maximum absolute atomic E-state index is 13.8. The number of anilines is 1. The summed E-state index contributed by atoms with van der Waals surface area (Å²) >= 11 is 0. The average Bonchev–Trinajstić information content (AvgIpc) is 2.85. The molecule has 2 rings (SSSR count). The fourth-order valence-corrected chi connectivity index (χ4v) is 2.56. The lowest BCUT2D eigenvalue weighted by Crippen LogP contribution is -2.46. The molecule has 1 fully saturated rings. The highest BCUT2D eigenvalue weighted by atomic mass is 19.1. The predicted molar refractivity (Wildman–Crippen MR) is 87.8 cm³/mol. The van der Waals surface area contributed by atoms with Crippen LogP contribution in [0.5, 0.6) is 0 Å². The smallest absolute Gasteiger partial charge is 0.239 e. The summed E-state index contributed by atoms with van der Waals surface area (Å²) in [5, 5.41) is 5.27. The van der Waals surface area contributed by atoms with E-state index in [1.165, 1.54) is 23.1 Å². The van der Waals surface area contributed by atoms with Crippen LogP contribution in [0.1, 0.15) is 27.2 Å². The summed E-state index contributed by atoms with van der Waals surface area (Å²) in [5.41, 5.74) is -0.212. The van der Waals surface area contributed by atoms with E-state index < -0.39 is 11.7 Å². The number of nitrogens with one attached hydrogen (secondary N) is 2. The third kappa shape index (κ3) is 4.53. The molecule has 1 heterocycles. The second-order valence-corrected chi connectivity index (χ2v) is 6.87. The Bertz CT molecular complexity index is 655. The van der Waals surface area contributed by atoms with Gasteiger partial charge in [0.05, 0.1) is 18.2 Å². The third-order valence-electron chi connectivity index (χ3n) is 3.58. The number of carbonyl (C=O) groups is 3. The maximum Gasteiger partial charge on any atom is 0.239 e. The maximum atomic E-state index is 13.8. The van der Waals surface area contributed by atoms with E-state index in [2.05, 4.69) is 10.6 Å². The molecule has 1 aliphatic rings. The van der Waals surface area contributed by atoms with Crippen LogP contribution in [0.15, 0.2) is 24.3 Å². The number of hydrogen-bond acceptors (Lipinski definition) is 3. The summed E-state index contributed by atoms with van der Waals surface area (Å²) in [4.78, 5) is 37.2. The normalized spacial score (nSPS) is 17.8. The van der Waals surface area contributed by atoms with Crippen LogP contribution in [-0.2, 0) is 14.4 Å². The summed E-state index contributed by atoms with van der Waals surface area (Å²) in [6.45, 7) is 5.48. The molecule has 6 nitrogen and oxygen atoms in total. The minimum absolute atomic E-state index is 0.00105. The van der Waals surface area contributed by atoms with Crippen LogP contribution in [0.3, 0.4) is 0 Å². The van der Waals surface area contributed by atoms with Crippen LogP contribution in [0.2, 0.25) is 0 Å². The van der Waals surface area contributed by atoms with E-state index in [0.29, 0.717) is 0 Å². The standard InChI is InChI=1S/C17H22FN3O3/c1-17(2,3)20-14(22)9-19-16(24)11-8-15(23)21(10-11)13-7-5-4-6-12(13)18/h4-7,11H,8-10H2,1-3H3,(H,19,24)(H,20,22). The number of nitrogens with zero attached hydrogens (tertiary/aromatic N) is 1. The lowest BCUT2D eigenvalue weighted by atomic mass is 10.1. The molecular weight excluding hydrogens is 313 g/mol. The van der Waals surface area contributed by atoms with Crippen molar-refractivity contribution in [2.75, 3.05) is 18.0 Å². The molecule has 0 spiro atoms. The predicted octanol–water partition coefficient (Wildman–Crippen LogP) is 1.21. The highest BCUT2D eigenvalue weighted by molar-refractivity contribution is 6.00. The van der Waals surface area contributed by atoms with Gasteiger partial charge in [0, 0.05) is 18.5 Å². The number of rotatable bonds is 4. The Hall–Kier alpha value is -2.44. The van der Waals surface area contributed by atoms with Crippen LogP contribution in [0, 0.1) is 11.7 Å². The molecule has 0 radical (unpaired) electrons. The van der Waals surface area contributed by atoms with Gasteiger partial charge in [-0.2, -0.15) is 0 Å². The Labute approximate surface area is 140 Å². The fourth-order valence-electron chi connectivity index (χ4n) is 2.56. The Balaban J connectivity index is 1.92. The molecule has 0 saturated carbocycles. The van der Waals surface area contributed by atoms with Crippen molar-refractivity contribution < 1.29 is 18.8 Å². The van der Waals surface area contributed by atoms with Gasteiger partial charge in [-0.05, 0) is 32.9 Å². The molecule has 2 N–H and O–H groups in total. The Morgan fingerprint density at radius 1 is 1.29 bits per heavy atom. The molecule has 7 heteroatoms.